The molecule has 0 saturated carbocycles. The fraction of sp³-hybridized carbons (Fsp3) is 0.111. The molecule has 2 aromatic carbocycles. The summed E-state index contributed by atoms with van der Waals surface area (Å²) in [6, 6.07) is 12.6. The summed E-state index contributed by atoms with van der Waals surface area (Å²) in [5.74, 6) is -0.492. The molecule has 3 aromatic rings. The van der Waals surface area contributed by atoms with Crippen molar-refractivity contribution in [2.24, 2.45) is 0 Å². The number of halogens is 3. The molecule has 1 aromatic heterocycles. The van der Waals surface area contributed by atoms with Crippen LogP contribution in [0, 0.1) is 0 Å². The number of aromatic nitrogens is 1. The Balaban J connectivity index is 1.82. The second-order valence-corrected chi connectivity index (χ2v) is 5.45. The zero-order valence-corrected chi connectivity index (χ0v) is 12.9. The number of pyridine rings is 1. The Hall–Kier alpha value is -3.09. The minimum Gasteiger partial charge on any atom is -0.338 e. The van der Waals surface area contributed by atoms with Crippen LogP contribution in [0.15, 0.2) is 65.6 Å². The highest BCUT2D eigenvalue weighted by Crippen LogP contribution is 2.30. The molecule has 0 spiro atoms. The molecule has 0 unspecified atom stereocenters. The number of nitrogens with one attached hydrogen (secondary N) is 1. The molecule has 1 N–H and O–H groups in total. The molecule has 0 radical (unpaired) electrons. The molecular weight excluding hydrogens is 333 g/mol. The fourth-order valence-corrected chi connectivity index (χ4v) is 2.53. The first-order chi connectivity index (χ1) is 11.8. The average Bonchev–Trinajstić information content (AvgIpc) is 2.57. The van der Waals surface area contributed by atoms with Crippen LogP contribution >= 0.6 is 0 Å². The largest absolute Gasteiger partial charge is 0.416 e. The summed E-state index contributed by atoms with van der Waals surface area (Å²) in [6.45, 7) is -0.128. The molecular formula is C18H13F3N2O2. The van der Waals surface area contributed by atoms with E-state index >= 15 is 0 Å². The van der Waals surface area contributed by atoms with Gasteiger partial charge in [0.15, 0.2) is 5.43 Å². The number of rotatable bonds is 3. The van der Waals surface area contributed by atoms with E-state index in [-0.39, 0.29) is 17.7 Å². The van der Waals surface area contributed by atoms with E-state index in [0.717, 1.165) is 12.1 Å². The minimum atomic E-state index is -4.48. The summed E-state index contributed by atoms with van der Waals surface area (Å²) in [5, 5.41) is 2.91. The minimum absolute atomic E-state index is 0.0603. The molecule has 25 heavy (non-hydrogen) atoms. The van der Waals surface area contributed by atoms with Crippen molar-refractivity contribution < 1.29 is 18.0 Å². The summed E-state index contributed by atoms with van der Waals surface area (Å²) in [4.78, 5) is 24.0. The molecule has 0 aliphatic heterocycles. The predicted octanol–water partition coefficient (Wildman–Crippen LogP) is 3.66. The van der Waals surface area contributed by atoms with Crippen molar-refractivity contribution in [3.8, 4) is 0 Å². The van der Waals surface area contributed by atoms with Crippen LogP contribution < -0.4 is 10.7 Å². The number of hydrogen-bond donors (Lipinski definition) is 1. The zero-order valence-electron chi connectivity index (χ0n) is 12.9. The third-order valence-corrected chi connectivity index (χ3v) is 3.67. The van der Waals surface area contributed by atoms with Crippen LogP contribution in [0.2, 0.25) is 0 Å². The molecule has 0 saturated heterocycles. The number of fused-ring (bicyclic) bond motifs is 1. The quantitative estimate of drug-likeness (QED) is 0.787. The van der Waals surface area contributed by atoms with Gasteiger partial charge in [-0.25, -0.2) is 0 Å². The van der Waals surface area contributed by atoms with Crippen molar-refractivity contribution in [2.75, 3.05) is 5.32 Å². The summed E-state index contributed by atoms with van der Waals surface area (Å²) in [7, 11) is 0. The van der Waals surface area contributed by atoms with Gasteiger partial charge in [0, 0.05) is 23.3 Å². The predicted molar refractivity (Wildman–Crippen MR) is 88.3 cm³/mol. The van der Waals surface area contributed by atoms with Gasteiger partial charge in [-0.3, -0.25) is 9.59 Å². The van der Waals surface area contributed by atoms with Crippen LogP contribution in [0.25, 0.3) is 10.9 Å². The number of nitrogens with zero attached hydrogens (tertiary/aromatic N) is 1. The van der Waals surface area contributed by atoms with Crippen LogP contribution in [-0.4, -0.2) is 10.5 Å². The summed E-state index contributed by atoms with van der Waals surface area (Å²) in [5.41, 5.74) is -0.358. The number of amides is 1. The van der Waals surface area contributed by atoms with E-state index in [1.54, 1.807) is 28.8 Å². The number of hydrogen-bond acceptors (Lipinski definition) is 2. The van der Waals surface area contributed by atoms with Gasteiger partial charge in [-0.2, -0.15) is 13.2 Å². The van der Waals surface area contributed by atoms with Crippen LogP contribution in [0.5, 0.6) is 0 Å². The number of alkyl halides is 3. The highest BCUT2D eigenvalue weighted by molar-refractivity contribution is 5.91. The van der Waals surface area contributed by atoms with E-state index < -0.39 is 17.6 Å². The van der Waals surface area contributed by atoms with Gasteiger partial charge in [0.1, 0.15) is 6.54 Å². The van der Waals surface area contributed by atoms with Gasteiger partial charge in [-0.1, -0.05) is 18.2 Å². The maximum absolute atomic E-state index is 12.7. The van der Waals surface area contributed by atoms with E-state index in [1.807, 2.05) is 0 Å². The molecule has 0 aliphatic carbocycles. The van der Waals surface area contributed by atoms with E-state index in [4.69, 9.17) is 0 Å². The van der Waals surface area contributed by atoms with Crippen LogP contribution in [-0.2, 0) is 17.5 Å². The SMILES string of the molecule is O=C(Cn1ccc(=O)c2ccccc21)Nc1cccc(C(F)(F)F)c1. The molecule has 128 valence electrons. The fourth-order valence-electron chi connectivity index (χ4n) is 2.53. The van der Waals surface area contributed by atoms with Gasteiger partial charge in [0.05, 0.1) is 11.1 Å². The standard InChI is InChI=1S/C18H13F3N2O2/c19-18(20,21)12-4-3-5-13(10-12)22-17(25)11-23-9-8-16(24)14-6-1-2-7-15(14)23/h1-10H,11H2,(H,22,25). The van der Waals surface area contributed by atoms with Gasteiger partial charge in [-0.15, -0.1) is 0 Å². The normalized spacial score (nSPS) is 11.5. The third-order valence-electron chi connectivity index (χ3n) is 3.67. The first-order valence-corrected chi connectivity index (χ1v) is 7.40. The third kappa shape index (κ3) is 3.71. The Morgan fingerprint density at radius 2 is 1.80 bits per heavy atom. The number of anilines is 1. The Bertz CT molecular complexity index is 993. The Morgan fingerprint density at radius 3 is 2.56 bits per heavy atom. The zero-order chi connectivity index (χ0) is 18.0. The lowest BCUT2D eigenvalue weighted by Crippen LogP contribution is -2.20. The number of benzene rings is 2. The van der Waals surface area contributed by atoms with Crippen molar-refractivity contribution in [2.45, 2.75) is 12.7 Å². The smallest absolute Gasteiger partial charge is 0.338 e. The average molecular weight is 346 g/mol. The molecule has 0 fully saturated rings. The molecule has 0 aliphatic rings. The highest BCUT2D eigenvalue weighted by atomic mass is 19.4. The molecule has 4 nitrogen and oxygen atoms in total. The summed E-state index contributed by atoms with van der Waals surface area (Å²) < 4.78 is 39.7. The lowest BCUT2D eigenvalue weighted by molar-refractivity contribution is -0.137. The molecule has 3 rings (SSSR count). The summed E-state index contributed by atoms with van der Waals surface area (Å²) >= 11 is 0. The molecule has 0 atom stereocenters. The topological polar surface area (TPSA) is 51.1 Å². The lowest BCUT2D eigenvalue weighted by atomic mass is 10.2. The Morgan fingerprint density at radius 1 is 1.04 bits per heavy atom. The van der Waals surface area contributed by atoms with Gasteiger partial charge < -0.3 is 9.88 Å². The van der Waals surface area contributed by atoms with E-state index in [2.05, 4.69) is 5.32 Å². The molecule has 1 heterocycles. The Kier molecular flexibility index (Phi) is 4.31. The second kappa shape index (κ2) is 6.43. The van der Waals surface area contributed by atoms with Gasteiger partial charge in [0.25, 0.3) is 0 Å². The molecule has 1 amide bonds. The van der Waals surface area contributed by atoms with Crippen molar-refractivity contribution in [3.05, 3.63) is 76.6 Å². The maximum atomic E-state index is 12.7. The van der Waals surface area contributed by atoms with Gasteiger partial charge in [0.2, 0.25) is 5.91 Å². The van der Waals surface area contributed by atoms with E-state index in [1.165, 1.54) is 24.4 Å². The van der Waals surface area contributed by atoms with Crippen LogP contribution in [0.1, 0.15) is 5.56 Å². The van der Waals surface area contributed by atoms with Crippen molar-refractivity contribution in [3.63, 3.8) is 0 Å². The number of carbonyl (C=O) groups excluding carboxylic acids is 1. The van der Waals surface area contributed by atoms with Crippen molar-refractivity contribution in [1.82, 2.24) is 4.57 Å². The molecule has 0 bridgehead atoms. The summed E-state index contributed by atoms with van der Waals surface area (Å²) in [6.07, 6.45) is -2.99. The van der Waals surface area contributed by atoms with Crippen LogP contribution in [0.3, 0.4) is 0 Å². The van der Waals surface area contributed by atoms with Crippen molar-refractivity contribution >= 4 is 22.5 Å². The number of carbonyl (C=O) groups is 1. The van der Waals surface area contributed by atoms with E-state index in [9.17, 15) is 22.8 Å². The number of para-hydroxylation sites is 1. The first kappa shape index (κ1) is 16.8. The monoisotopic (exact) mass is 346 g/mol. The highest BCUT2D eigenvalue weighted by Gasteiger charge is 2.30. The first-order valence-electron chi connectivity index (χ1n) is 7.40. The second-order valence-electron chi connectivity index (χ2n) is 5.45. The molecule has 7 heteroatoms. The maximum Gasteiger partial charge on any atom is 0.416 e. The van der Waals surface area contributed by atoms with Gasteiger partial charge >= 0.3 is 6.18 Å². The lowest BCUT2D eigenvalue weighted by Gasteiger charge is -2.12. The van der Waals surface area contributed by atoms with Crippen LogP contribution in [0.4, 0.5) is 18.9 Å². The van der Waals surface area contributed by atoms with Crippen molar-refractivity contribution in [1.29, 1.82) is 0 Å². The Labute approximate surface area is 140 Å². The van der Waals surface area contributed by atoms with Gasteiger partial charge in [-0.05, 0) is 30.3 Å². The van der Waals surface area contributed by atoms with E-state index in [0.29, 0.717) is 10.9 Å².